The fraction of sp³-hybridized carbons (Fsp3) is 0. The van der Waals surface area contributed by atoms with Gasteiger partial charge in [-0.3, -0.25) is 4.98 Å². The Morgan fingerprint density at radius 3 is 1.66 bits per heavy atom. The number of ether oxygens (including phenoxy) is 2. The van der Waals surface area contributed by atoms with Crippen LogP contribution in [0.2, 0.25) is 0 Å². The molecular formula is C29H24BNO4. The van der Waals surface area contributed by atoms with Gasteiger partial charge in [0.15, 0.2) is 0 Å². The van der Waals surface area contributed by atoms with Gasteiger partial charge in [-0.1, -0.05) is 66.7 Å². The van der Waals surface area contributed by atoms with Gasteiger partial charge in [0.1, 0.15) is 23.0 Å². The Balaban J connectivity index is 0.000000168. The molecule has 0 fully saturated rings. The summed E-state index contributed by atoms with van der Waals surface area (Å²) in [5.41, 5.74) is 2.35. The highest BCUT2D eigenvalue weighted by Crippen LogP contribution is 2.31. The van der Waals surface area contributed by atoms with E-state index in [9.17, 15) is 0 Å². The van der Waals surface area contributed by atoms with Crippen molar-refractivity contribution < 1.29 is 19.5 Å². The number of nitrogens with zero attached hydrogens (tertiary/aromatic N) is 1. The molecule has 5 rings (SSSR count). The van der Waals surface area contributed by atoms with Gasteiger partial charge >= 0.3 is 7.12 Å². The summed E-state index contributed by atoms with van der Waals surface area (Å²) in [6, 6.07) is 39.6. The first-order valence-electron chi connectivity index (χ1n) is 11.1. The van der Waals surface area contributed by atoms with Crippen LogP contribution in [0.3, 0.4) is 0 Å². The number of hydrogen-bond acceptors (Lipinski definition) is 5. The van der Waals surface area contributed by atoms with Gasteiger partial charge in [-0.05, 0) is 66.1 Å². The number of para-hydroxylation sites is 3. The van der Waals surface area contributed by atoms with Crippen LogP contribution in [0.4, 0.5) is 0 Å². The number of benzene rings is 4. The maximum Gasteiger partial charge on any atom is 0.488 e. The van der Waals surface area contributed by atoms with E-state index in [2.05, 4.69) is 4.98 Å². The maximum atomic E-state index is 8.92. The number of pyridine rings is 1. The molecule has 5 aromatic rings. The molecule has 0 saturated heterocycles. The summed E-state index contributed by atoms with van der Waals surface area (Å²) in [5.74, 6) is 3.05. The molecule has 0 spiro atoms. The fourth-order valence-electron chi connectivity index (χ4n) is 3.24. The van der Waals surface area contributed by atoms with Crippen molar-refractivity contribution >= 4 is 12.6 Å². The largest absolute Gasteiger partial charge is 0.488 e. The molecule has 1 aromatic heterocycles. The molecule has 0 aliphatic rings. The van der Waals surface area contributed by atoms with Crippen LogP contribution in [0, 0.1) is 0 Å². The van der Waals surface area contributed by atoms with E-state index in [4.69, 9.17) is 19.5 Å². The third-order valence-corrected chi connectivity index (χ3v) is 4.96. The minimum atomic E-state index is -1.44. The summed E-state index contributed by atoms with van der Waals surface area (Å²) in [7, 11) is -1.44. The van der Waals surface area contributed by atoms with E-state index < -0.39 is 7.12 Å². The highest BCUT2D eigenvalue weighted by molar-refractivity contribution is 6.58. The van der Waals surface area contributed by atoms with Crippen LogP contribution in [0.25, 0.3) is 11.3 Å². The molecule has 172 valence electrons. The molecule has 0 amide bonds. The zero-order valence-corrected chi connectivity index (χ0v) is 18.9. The van der Waals surface area contributed by atoms with Crippen LogP contribution in [0.1, 0.15) is 0 Å². The van der Waals surface area contributed by atoms with Crippen molar-refractivity contribution in [3.05, 3.63) is 134 Å². The van der Waals surface area contributed by atoms with Crippen LogP contribution in [-0.4, -0.2) is 22.2 Å². The van der Waals surface area contributed by atoms with Gasteiger partial charge in [0.25, 0.3) is 0 Å². The van der Waals surface area contributed by atoms with E-state index in [1.807, 2.05) is 103 Å². The first-order valence-corrected chi connectivity index (χ1v) is 11.1. The summed E-state index contributed by atoms with van der Waals surface area (Å²) in [5, 5.41) is 17.8. The lowest BCUT2D eigenvalue weighted by Crippen LogP contribution is -2.29. The Morgan fingerprint density at radius 1 is 0.514 bits per heavy atom. The number of hydrogen-bond donors (Lipinski definition) is 2. The Labute approximate surface area is 205 Å². The van der Waals surface area contributed by atoms with Gasteiger partial charge in [0.05, 0.1) is 5.69 Å². The average Bonchev–Trinajstić information content (AvgIpc) is 2.91. The minimum Gasteiger partial charge on any atom is -0.457 e. The van der Waals surface area contributed by atoms with Gasteiger partial charge < -0.3 is 19.5 Å². The fourth-order valence-corrected chi connectivity index (χ4v) is 3.24. The summed E-state index contributed by atoms with van der Waals surface area (Å²) in [6.07, 6.45) is 1.79. The van der Waals surface area contributed by atoms with E-state index in [0.717, 1.165) is 28.5 Å². The molecule has 2 N–H and O–H groups in total. The van der Waals surface area contributed by atoms with Gasteiger partial charge in [-0.25, -0.2) is 0 Å². The molecule has 0 saturated carbocycles. The molecule has 0 bridgehead atoms. The summed E-state index contributed by atoms with van der Waals surface area (Å²) in [4.78, 5) is 4.37. The predicted molar refractivity (Wildman–Crippen MR) is 139 cm³/mol. The molecule has 5 nitrogen and oxygen atoms in total. The number of aromatic nitrogens is 1. The quantitative estimate of drug-likeness (QED) is 0.318. The van der Waals surface area contributed by atoms with Gasteiger partial charge in [0, 0.05) is 11.8 Å². The third kappa shape index (κ3) is 7.05. The molecule has 0 unspecified atom stereocenters. The second-order valence-corrected chi connectivity index (χ2v) is 7.48. The molecule has 6 heteroatoms. The average molecular weight is 461 g/mol. The molecular weight excluding hydrogens is 437 g/mol. The van der Waals surface area contributed by atoms with E-state index in [0.29, 0.717) is 11.2 Å². The van der Waals surface area contributed by atoms with Crippen LogP contribution >= 0.6 is 0 Å². The van der Waals surface area contributed by atoms with E-state index in [-0.39, 0.29) is 0 Å². The van der Waals surface area contributed by atoms with E-state index >= 15 is 0 Å². The first kappa shape index (κ1) is 23.8. The summed E-state index contributed by atoms with van der Waals surface area (Å²) in [6.45, 7) is 0. The molecule has 0 radical (unpaired) electrons. The van der Waals surface area contributed by atoms with Gasteiger partial charge in [0.2, 0.25) is 0 Å². The molecule has 0 aliphatic heterocycles. The Hall–Kier alpha value is -4.39. The molecule has 1 heterocycles. The van der Waals surface area contributed by atoms with E-state index in [1.165, 1.54) is 0 Å². The van der Waals surface area contributed by atoms with Crippen molar-refractivity contribution in [1.29, 1.82) is 0 Å². The van der Waals surface area contributed by atoms with Gasteiger partial charge in [-0.2, -0.15) is 0 Å². The Bertz CT molecular complexity index is 1300. The lowest BCUT2D eigenvalue weighted by molar-refractivity contribution is 0.425. The molecule has 0 aliphatic carbocycles. The van der Waals surface area contributed by atoms with E-state index in [1.54, 1.807) is 30.5 Å². The highest BCUT2D eigenvalue weighted by atomic mass is 16.5. The van der Waals surface area contributed by atoms with Crippen LogP contribution < -0.4 is 14.9 Å². The predicted octanol–water partition coefficient (Wildman–Crippen LogP) is 5.70. The second-order valence-electron chi connectivity index (χ2n) is 7.48. The second kappa shape index (κ2) is 12.2. The maximum absolute atomic E-state index is 8.92. The normalized spacial score (nSPS) is 10.0. The molecule has 0 atom stereocenters. The van der Waals surface area contributed by atoms with Crippen LogP contribution in [-0.2, 0) is 0 Å². The van der Waals surface area contributed by atoms with Crippen molar-refractivity contribution in [3.63, 3.8) is 0 Å². The first-order chi connectivity index (χ1) is 17.2. The molecule has 4 aromatic carbocycles. The number of rotatable bonds is 6. The third-order valence-electron chi connectivity index (χ3n) is 4.96. The zero-order chi connectivity index (χ0) is 24.3. The lowest BCUT2D eigenvalue weighted by Gasteiger charge is -2.10. The van der Waals surface area contributed by atoms with Gasteiger partial charge in [-0.15, -0.1) is 0 Å². The molecule has 35 heavy (non-hydrogen) atoms. The SMILES string of the molecule is OB(O)c1ccc(Oc2ccccc2)cc1.c1ccc(Oc2ccccc2-c2ccccn2)cc1. The standard InChI is InChI=1S/C17H13NO.C12H11BO3/c1-2-8-14(9-3-1)19-17-12-5-4-10-15(17)16-11-6-7-13-18-16;14-13(15)10-6-8-12(9-7-10)16-11-4-2-1-3-5-11/h1-13H;1-9,14-15H. The summed E-state index contributed by atoms with van der Waals surface area (Å²) >= 11 is 0. The Kier molecular flexibility index (Phi) is 8.27. The van der Waals surface area contributed by atoms with Crippen LogP contribution in [0.15, 0.2) is 134 Å². The smallest absolute Gasteiger partial charge is 0.457 e. The van der Waals surface area contributed by atoms with Crippen molar-refractivity contribution in [2.45, 2.75) is 0 Å². The minimum absolute atomic E-state index is 0.445. The topological polar surface area (TPSA) is 71.8 Å². The monoisotopic (exact) mass is 461 g/mol. The van der Waals surface area contributed by atoms with Crippen molar-refractivity contribution in [3.8, 4) is 34.3 Å². The summed E-state index contributed by atoms with van der Waals surface area (Å²) < 4.78 is 11.5. The zero-order valence-electron chi connectivity index (χ0n) is 18.9. The van der Waals surface area contributed by atoms with Crippen LogP contribution in [0.5, 0.6) is 23.0 Å². The van der Waals surface area contributed by atoms with Crippen molar-refractivity contribution in [1.82, 2.24) is 4.98 Å². The van der Waals surface area contributed by atoms with Crippen molar-refractivity contribution in [2.75, 3.05) is 0 Å². The van der Waals surface area contributed by atoms with Crippen molar-refractivity contribution in [2.24, 2.45) is 0 Å². The highest BCUT2D eigenvalue weighted by Gasteiger charge is 2.10. The Morgan fingerprint density at radius 2 is 1.06 bits per heavy atom. The lowest BCUT2D eigenvalue weighted by atomic mass is 9.80.